The zero-order chi connectivity index (χ0) is 10.4. The molecule has 14 heavy (non-hydrogen) atoms. The summed E-state index contributed by atoms with van der Waals surface area (Å²) in [6.07, 6.45) is 6.18. The summed E-state index contributed by atoms with van der Waals surface area (Å²) in [7, 11) is 1.75. The second-order valence-electron chi connectivity index (χ2n) is 3.12. The van der Waals surface area contributed by atoms with Crippen LogP contribution in [0.1, 0.15) is 12.8 Å². The molecule has 0 N–H and O–H groups in total. The van der Waals surface area contributed by atoms with Gasteiger partial charge in [-0.3, -0.25) is 0 Å². The summed E-state index contributed by atoms with van der Waals surface area (Å²) in [5.74, 6) is 0. The highest BCUT2D eigenvalue weighted by Gasteiger charge is 2.20. The third-order valence-corrected chi connectivity index (χ3v) is 3.09. The smallest absolute Gasteiger partial charge is 0.208 e. The van der Waals surface area contributed by atoms with Gasteiger partial charge in [0.1, 0.15) is 0 Å². The minimum atomic E-state index is 0.372. The van der Waals surface area contributed by atoms with Gasteiger partial charge in [-0.2, -0.15) is 5.26 Å². The Morgan fingerprint density at radius 2 is 2.21 bits per heavy atom. The molecule has 0 spiro atoms. The molecular formula is C9H15N3OS. The maximum Gasteiger partial charge on any atom is 0.208 e. The Morgan fingerprint density at radius 3 is 2.64 bits per heavy atom. The largest absolute Gasteiger partial charge is 0.381 e. The average molecular weight is 213 g/mol. The fraction of sp³-hybridized carbons (Fsp3) is 0.778. The van der Waals surface area contributed by atoms with Crippen LogP contribution in [0.4, 0.5) is 0 Å². The highest BCUT2D eigenvalue weighted by molar-refractivity contribution is 8.13. The van der Waals surface area contributed by atoms with E-state index >= 15 is 0 Å². The number of hydrogen-bond donors (Lipinski definition) is 0. The predicted octanol–water partition coefficient (Wildman–Crippen LogP) is 1.30. The van der Waals surface area contributed by atoms with Gasteiger partial charge in [0.25, 0.3) is 0 Å². The molecule has 1 rings (SSSR count). The Kier molecular flexibility index (Phi) is 4.77. The molecule has 78 valence electrons. The lowest BCUT2D eigenvalue weighted by atomic mass is 10.1. The van der Waals surface area contributed by atoms with Gasteiger partial charge in [0.15, 0.2) is 5.17 Å². The van der Waals surface area contributed by atoms with Crippen LogP contribution in [0.15, 0.2) is 4.99 Å². The molecule has 0 radical (unpaired) electrons. The normalized spacial score (nSPS) is 19.5. The standard InChI is InChI=1S/C9H15N3OS/c1-13-8-3-5-12(6-4-8)9(14-2)11-7-10/h8H,3-6H2,1-2H3. The summed E-state index contributed by atoms with van der Waals surface area (Å²) in [6.45, 7) is 1.86. The number of likely N-dealkylation sites (tertiary alicyclic amines) is 1. The molecule has 0 amide bonds. The zero-order valence-electron chi connectivity index (χ0n) is 8.56. The SMILES string of the molecule is COC1CCN(C(=NC#N)SC)CC1. The number of ether oxygens (including phenoxy) is 1. The zero-order valence-corrected chi connectivity index (χ0v) is 9.38. The van der Waals surface area contributed by atoms with Crippen molar-refractivity contribution in [1.82, 2.24) is 4.90 Å². The van der Waals surface area contributed by atoms with E-state index in [4.69, 9.17) is 10.00 Å². The molecule has 1 aliphatic heterocycles. The fourth-order valence-electron chi connectivity index (χ4n) is 1.57. The quantitative estimate of drug-likeness (QED) is 0.374. The van der Waals surface area contributed by atoms with Crippen LogP contribution < -0.4 is 0 Å². The van der Waals surface area contributed by atoms with Gasteiger partial charge in [0.2, 0.25) is 6.19 Å². The molecular weight excluding hydrogens is 198 g/mol. The third kappa shape index (κ3) is 2.89. The molecule has 1 fully saturated rings. The first-order valence-electron chi connectivity index (χ1n) is 4.60. The van der Waals surface area contributed by atoms with Gasteiger partial charge in [-0.1, -0.05) is 11.8 Å². The lowest BCUT2D eigenvalue weighted by molar-refractivity contribution is 0.0585. The molecule has 1 saturated heterocycles. The fourth-order valence-corrected chi connectivity index (χ4v) is 2.14. The minimum absolute atomic E-state index is 0.372. The van der Waals surface area contributed by atoms with Crippen molar-refractivity contribution in [3.63, 3.8) is 0 Å². The maximum atomic E-state index is 8.49. The van der Waals surface area contributed by atoms with E-state index in [2.05, 4.69) is 9.89 Å². The molecule has 1 heterocycles. The van der Waals surface area contributed by atoms with Crippen LogP contribution in [0, 0.1) is 11.5 Å². The number of thioether (sulfide) groups is 1. The van der Waals surface area contributed by atoms with Crippen molar-refractivity contribution in [2.24, 2.45) is 4.99 Å². The molecule has 0 unspecified atom stereocenters. The summed E-state index contributed by atoms with van der Waals surface area (Å²) in [6, 6.07) is 0. The lowest BCUT2D eigenvalue weighted by Crippen LogP contribution is -2.39. The first-order valence-corrected chi connectivity index (χ1v) is 5.82. The topological polar surface area (TPSA) is 48.6 Å². The van der Waals surface area contributed by atoms with Gasteiger partial charge in [-0.15, -0.1) is 4.99 Å². The van der Waals surface area contributed by atoms with E-state index in [-0.39, 0.29) is 0 Å². The van der Waals surface area contributed by atoms with Crippen LogP contribution in [0.2, 0.25) is 0 Å². The first-order chi connectivity index (χ1) is 6.81. The Balaban J connectivity index is 2.48. The number of piperidine rings is 1. The van der Waals surface area contributed by atoms with Crippen molar-refractivity contribution < 1.29 is 4.74 Å². The minimum Gasteiger partial charge on any atom is -0.381 e. The molecule has 0 aromatic rings. The monoisotopic (exact) mass is 213 g/mol. The van der Waals surface area contributed by atoms with E-state index in [1.807, 2.05) is 12.4 Å². The van der Waals surface area contributed by atoms with Crippen LogP contribution in [-0.4, -0.2) is 42.6 Å². The summed E-state index contributed by atoms with van der Waals surface area (Å²) < 4.78 is 5.27. The van der Waals surface area contributed by atoms with Gasteiger partial charge in [-0.25, -0.2) is 0 Å². The van der Waals surface area contributed by atoms with Gasteiger partial charge in [-0.05, 0) is 19.1 Å². The summed E-state index contributed by atoms with van der Waals surface area (Å²) >= 11 is 1.52. The number of nitrogens with zero attached hydrogens (tertiary/aromatic N) is 3. The van der Waals surface area contributed by atoms with Gasteiger partial charge in [0, 0.05) is 20.2 Å². The van der Waals surface area contributed by atoms with E-state index in [0.29, 0.717) is 6.10 Å². The first kappa shape index (κ1) is 11.3. The molecule has 5 heteroatoms. The van der Waals surface area contributed by atoms with Gasteiger partial charge < -0.3 is 9.64 Å². The molecule has 4 nitrogen and oxygen atoms in total. The van der Waals surface area contributed by atoms with Gasteiger partial charge in [0.05, 0.1) is 6.10 Å². The van der Waals surface area contributed by atoms with Crippen LogP contribution >= 0.6 is 11.8 Å². The Labute approximate surface area is 88.9 Å². The molecule has 0 aromatic carbocycles. The Bertz CT molecular complexity index is 241. The number of hydrogen-bond acceptors (Lipinski definition) is 4. The third-order valence-electron chi connectivity index (χ3n) is 2.37. The maximum absolute atomic E-state index is 8.49. The van der Waals surface area contributed by atoms with E-state index in [1.54, 1.807) is 7.11 Å². The molecule has 0 aliphatic carbocycles. The predicted molar refractivity (Wildman–Crippen MR) is 58.2 cm³/mol. The number of aliphatic imine (C=N–C) groups is 1. The average Bonchev–Trinajstić information content (AvgIpc) is 2.26. The lowest BCUT2D eigenvalue weighted by Gasteiger charge is -2.32. The Morgan fingerprint density at radius 1 is 1.57 bits per heavy atom. The molecule has 0 bridgehead atoms. The van der Waals surface area contributed by atoms with Crippen molar-refractivity contribution in [3.05, 3.63) is 0 Å². The van der Waals surface area contributed by atoms with Crippen molar-refractivity contribution in [3.8, 4) is 6.19 Å². The van der Waals surface area contributed by atoms with E-state index in [9.17, 15) is 0 Å². The summed E-state index contributed by atoms with van der Waals surface area (Å²) in [5.41, 5.74) is 0. The molecule has 0 aromatic heterocycles. The molecule has 0 atom stereocenters. The second-order valence-corrected chi connectivity index (χ2v) is 3.89. The van der Waals surface area contributed by atoms with Crippen LogP contribution in [0.3, 0.4) is 0 Å². The van der Waals surface area contributed by atoms with E-state index in [0.717, 1.165) is 31.1 Å². The van der Waals surface area contributed by atoms with Crippen molar-refractivity contribution in [2.75, 3.05) is 26.5 Å². The van der Waals surface area contributed by atoms with Crippen LogP contribution in [0.25, 0.3) is 0 Å². The highest BCUT2D eigenvalue weighted by atomic mass is 32.2. The number of nitriles is 1. The molecule has 0 saturated carbocycles. The summed E-state index contributed by atoms with van der Waals surface area (Å²) in [5, 5.41) is 9.32. The Hall–Kier alpha value is -0.730. The van der Waals surface area contributed by atoms with Crippen LogP contribution in [-0.2, 0) is 4.74 Å². The van der Waals surface area contributed by atoms with Crippen molar-refractivity contribution in [2.45, 2.75) is 18.9 Å². The second kappa shape index (κ2) is 5.89. The number of rotatable bonds is 1. The van der Waals surface area contributed by atoms with Crippen molar-refractivity contribution >= 4 is 16.9 Å². The summed E-state index contributed by atoms with van der Waals surface area (Å²) in [4.78, 5) is 5.93. The number of amidine groups is 1. The van der Waals surface area contributed by atoms with E-state index < -0.39 is 0 Å². The van der Waals surface area contributed by atoms with Crippen molar-refractivity contribution in [1.29, 1.82) is 5.26 Å². The molecule has 1 aliphatic rings. The van der Waals surface area contributed by atoms with Gasteiger partial charge >= 0.3 is 0 Å². The van der Waals surface area contributed by atoms with Crippen LogP contribution in [0.5, 0.6) is 0 Å². The van der Waals surface area contributed by atoms with E-state index in [1.165, 1.54) is 11.8 Å². The highest BCUT2D eigenvalue weighted by Crippen LogP contribution is 2.16. The number of methoxy groups -OCH3 is 1.